The van der Waals surface area contributed by atoms with Gasteiger partial charge in [-0.15, -0.1) is 0 Å². The van der Waals surface area contributed by atoms with E-state index in [9.17, 15) is 0 Å². The summed E-state index contributed by atoms with van der Waals surface area (Å²) in [6.07, 6.45) is 4.29. The van der Waals surface area contributed by atoms with E-state index >= 15 is 0 Å². The van der Waals surface area contributed by atoms with Crippen LogP contribution in [-0.4, -0.2) is 50.2 Å². The van der Waals surface area contributed by atoms with Crippen LogP contribution in [0.4, 0.5) is 0 Å². The molecule has 0 heterocycles. The van der Waals surface area contributed by atoms with Crippen LogP contribution in [0, 0.1) is 0 Å². The first-order valence-electron chi connectivity index (χ1n) is 10.9. The summed E-state index contributed by atoms with van der Waals surface area (Å²) in [4.78, 5) is 0. The number of para-hydroxylation sites is 1. The van der Waals surface area contributed by atoms with Crippen molar-refractivity contribution in [2.75, 3.05) is 26.2 Å². The SMILES string of the molecule is CCCCOB(Oc1ccccc1)OC(CCC)C(C)[N+](CC)(CC)CC. The van der Waals surface area contributed by atoms with Gasteiger partial charge >= 0.3 is 7.32 Å². The van der Waals surface area contributed by atoms with E-state index in [0.717, 1.165) is 55.6 Å². The van der Waals surface area contributed by atoms with Gasteiger partial charge in [-0.2, -0.15) is 0 Å². The zero-order valence-electron chi connectivity index (χ0n) is 18.4. The molecule has 0 spiro atoms. The standard InChI is InChI=1S/C22H41BNO3/c1-7-12-19-25-23(26-21-17-14-13-15-18-21)27-22(16-8-2)20(6)24(9-3,10-4)11-5/h13-15,17-18,20,22H,7-12,16,19H2,1-6H3/q+1. The molecule has 0 bridgehead atoms. The van der Waals surface area contributed by atoms with Gasteiger partial charge in [-0.25, -0.2) is 0 Å². The molecular formula is C22H41BNO3+. The lowest BCUT2D eigenvalue weighted by Crippen LogP contribution is -2.59. The number of unbranched alkanes of at least 4 members (excludes halogenated alkanes) is 1. The number of likely N-dealkylation sites (N-methyl/N-ethyl adjacent to an activating group) is 1. The van der Waals surface area contributed by atoms with Gasteiger partial charge in [0.2, 0.25) is 0 Å². The molecule has 0 radical (unpaired) electrons. The zero-order chi connectivity index (χ0) is 20.1. The fourth-order valence-corrected chi connectivity index (χ4v) is 3.77. The average molecular weight is 378 g/mol. The van der Waals surface area contributed by atoms with Gasteiger partial charge in [-0.1, -0.05) is 44.9 Å². The maximum absolute atomic E-state index is 6.45. The lowest BCUT2D eigenvalue weighted by atomic mass is 10.0. The first kappa shape index (κ1) is 24.0. The summed E-state index contributed by atoms with van der Waals surface area (Å²) >= 11 is 0. The molecule has 0 saturated heterocycles. The van der Waals surface area contributed by atoms with Gasteiger partial charge in [0.1, 0.15) is 11.8 Å². The van der Waals surface area contributed by atoms with Crippen LogP contribution in [-0.2, 0) is 9.31 Å². The molecule has 5 heteroatoms. The van der Waals surface area contributed by atoms with Gasteiger partial charge in [0.05, 0.1) is 25.7 Å². The molecule has 1 rings (SSSR count). The summed E-state index contributed by atoms with van der Waals surface area (Å²) in [5.41, 5.74) is 0. The highest BCUT2D eigenvalue weighted by Gasteiger charge is 2.39. The fraction of sp³-hybridized carbons (Fsp3) is 0.727. The molecule has 0 fully saturated rings. The van der Waals surface area contributed by atoms with Crippen LogP contribution in [0.2, 0.25) is 0 Å². The van der Waals surface area contributed by atoms with Gasteiger partial charge in [0.25, 0.3) is 0 Å². The van der Waals surface area contributed by atoms with Gasteiger partial charge in [-0.3, -0.25) is 0 Å². The van der Waals surface area contributed by atoms with E-state index in [1.54, 1.807) is 0 Å². The van der Waals surface area contributed by atoms with E-state index in [2.05, 4.69) is 41.5 Å². The number of nitrogens with zero attached hydrogens (tertiary/aromatic N) is 1. The van der Waals surface area contributed by atoms with Crippen LogP contribution >= 0.6 is 0 Å². The van der Waals surface area contributed by atoms with E-state index in [0.29, 0.717) is 12.6 Å². The lowest BCUT2D eigenvalue weighted by Gasteiger charge is -2.45. The Kier molecular flexibility index (Phi) is 11.7. The van der Waals surface area contributed by atoms with Crippen molar-refractivity contribution >= 4 is 7.32 Å². The summed E-state index contributed by atoms with van der Waals surface area (Å²) in [6.45, 7) is 17.5. The predicted octanol–water partition coefficient (Wildman–Crippen LogP) is 5.32. The molecule has 0 aliphatic rings. The van der Waals surface area contributed by atoms with E-state index in [4.69, 9.17) is 14.0 Å². The van der Waals surface area contributed by atoms with Gasteiger partial charge < -0.3 is 18.4 Å². The van der Waals surface area contributed by atoms with Gasteiger partial charge in [-0.05, 0) is 52.7 Å². The third kappa shape index (κ3) is 7.48. The average Bonchev–Trinajstić information content (AvgIpc) is 2.70. The Morgan fingerprint density at radius 2 is 1.56 bits per heavy atom. The maximum Gasteiger partial charge on any atom is 0.713 e. The Bertz CT molecular complexity index is 473. The van der Waals surface area contributed by atoms with Crippen molar-refractivity contribution in [1.29, 1.82) is 0 Å². The Balaban J connectivity index is 2.93. The van der Waals surface area contributed by atoms with Crippen LogP contribution in [0.15, 0.2) is 30.3 Å². The van der Waals surface area contributed by atoms with Crippen LogP contribution in [0.1, 0.15) is 67.2 Å². The van der Waals surface area contributed by atoms with Crippen molar-refractivity contribution < 1.29 is 18.4 Å². The molecule has 4 nitrogen and oxygen atoms in total. The number of benzene rings is 1. The molecule has 0 N–H and O–H groups in total. The predicted molar refractivity (Wildman–Crippen MR) is 115 cm³/mol. The normalized spacial score (nSPS) is 14.0. The summed E-state index contributed by atoms with van der Waals surface area (Å²) in [6, 6.07) is 10.2. The fourth-order valence-electron chi connectivity index (χ4n) is 3.77. The minimum atomic E-state index is -0.662. The van der Waals surface area contributed by atoms with Crippen molar-refractivity contribution in [3.63, 3.8) is 0 Å². The third-order valence-corrected chi connectivity index (χ3v) is 5.88. The molecule has 1 aromatic carbocycles. The lowest BCUT2D eigenvalue weighted by molar-refractivity contribution is -0.947. The molecule has 2 atom stereocenters. The molecule has 0 saturated carbocycles. The topological polar surface area (TPSA) is 27.7 Å². The van der Waals surface area contributed by atoms with Crippen molar-refractivity contribution in [3.05, 3.63) is 30.3 Å². The first-order valence-corrected chi connectivity index (χ1v) is 10.9. The first-order chi connectivity index (χ1) is 13.1. The van der Waals surface area contributed by atoms with Crippen molar-refractivity contribution in [1.82, 2.24) is 0 Å². The number of rotatable bonds is 15. The molecule has 0 aliphatic heterocycles. The van der Waals surface area contributed by atoms with Crippen molar-refractivity contribution in [2.45, 2.75) is 79.4 Å². The van der Waals surface area contributed by atoms with E-state index < -0.39 is 7.32 Å². The highest BCUT2D eigenvalue weighted by Crippen LogP contribution is 2.23. The van der Waals surface area contributed by atoms with Gasteiger partial charge in [0, 0.05) is 6.61 Å². The highest BCUT2D eigenvalue weighted by molar-refractivity contribution is 6.37. The van der Waals surface area contributed by atoms with Crippen LogP contribution in [0.5, 0.6) is 5.75 Å². The Labute approximate surface area is 168 Å². The minimum Gasteiger partial charge on any atom is -0.512 e. The zero-order valence-corrected chi connectivity index (χ0v) is 18.4. The summed E-state index contributed by atoms with van der Waals surface area (Å²) in [7, 11) is -0.662. The van der Waals surface area contributed by atoms with Crippen LogP contribution < -0.4 is 4.65 Å². The molecule has 2 unspecified atom stereocenters. The maximum atomic E-state index is 6.45. The monoisotopic (exact) mass is 378 g/mol. The van der Waals surface area contributed by atoms with E-state index in [1.807, 2.05) is 30.3 Å². The number of quaternary nitrogens is 1. The molecule has 154 valence electrons. The highest BCUT2D eigenvalue weighted by atomic mass is 16.7. The van der Waals surface area contributed by atoms with Crippen molar-refractivity contribution in [2.24, 2.45) is 0 Å². The Morgan fingerprint density at radius 1 is 0.926 bits per heavy atom. The second-order valence-electron chi connectivity index (χ2n) is 7.31. The number of hydrogen-bond acceptors (Lipinski definition) is 3. The molecular weight excluding hydrogens is 337 g/mol. The van der Waals surface area contributed by atoms with Crippen LogP contribution in [0.25, 0.3) is 0 Å². The van der Waals surface area contributed by atoms with E-state index in [-0.39, 0.29) is 6.10 Å². The second-order valence-corrected chi connectivity index (χ2v) is 7.31. The van der Waals surface area contributed by atoms with Gasteiger partial charge in [0.15, 0.2) is 0 Å². The largest absolute Gasteiger partial charge is 0.713 e. The summed E-state index contributed by atoms with van der Waals surface area (Å²) in [5, 5.41) is 0. The third-order valence-electron chi connectivity index (χ3n) is 5.88. The second kappa shape index (κ2) is 13.2. The molecule has 0 amide bonds. The molecule has 27 heavy (non-hydrogen) atoms. The minimum absolute atomic E-state index is 0.102. The Morgan fingerprint density at radius 3 is 2.07 bits per heavy atom. The van der Waals surface area contributed by atoms with Crippen molar-refractivity contribution in [3.8, 4) is 5.75 Å². The molecule has 1 aromatic rings. The Hall–Kier alpha value is -1.04. The van der Waals surface area contributed by atoms with E-state index in [1.165, 1.54) is 0 Å². The summed E-state index contributed by atoms with van der Waals surface area (Å²) in [5.74, 6) is 0.782. The molecule has 0 aromatic heterocycles. The quantitative estimate of drug-likeness (QED) is 0.235. The molecule has 0 aliphatic carbocycles. The summed E-state index contributed by atoms with van der Waals surface area (Å²) < 4.78 is 19.5. The van der Waals surface area contributed by atoms with Crippen LogP contribution in [0.3, 0.4) is 0 Å². The smallest absolute Gasteiger partial charge is 0.512 e. The number of hydrogen-bond donors (Lipinski definition) is 0.